The lowest BCUT2D eigenvalue weighted by molar-refractivity contribution is 0.296. The molecule has 0 radical (unpaired) electrons. The van der Waals surface area contributed by atoms with Crippen LogP contribution in [0.25, 0.3) is 0 Å². The minimum Gasteiger partial charge on any atom is -0.312 e. The monoisotopic (exact) mass is 276 g/mol. The van der Waals surface area contributed by atoms with Crippen LogP contribution in [-0.4, -0.2) is 31.1 Å². The minimum atomic E-state index is 0. The Morgan fingerprint density at radius 1 is 1.24 bits per heavy atom. The normalized spacial score (nSPS) is 10.5. The summed E-state index contributed by atoms with van der Waals surface area (Å²) in [6.45, 7) is 10.2. The van der Waals surface area contributed by atoms with Crippen LogP contribution in [0.4, 0.5) is 0 Å². The van der Waals surface area contributed by atoms with Crippen molar-refractivity contribution in [3.8, 4) is 0 Å². The summed E-state index contributed by atoms with van der Waals surface area (Å²) < 4.78 is 0. The third-order valence-corrected chi connectivity index (χ3v) is 3.73. The maximum atomic E-state index is 3.49. The van der Waals surface area contributed by atoms with Crippen LogP contribution in [-0.2, 0) is 6.54 Å². The molecule has 0 saturated heterocycles. The van der Waals surface area contributed by atoms with Gasteiger partial charge in [0.2, 0.25) is 0 Å². The van der Waals surface area contributed by atoms with E-state index in [0.717, 1.165) is 13.1 Å². The number of hydrogen-bond acceptors (Lipinski definition) is 3. The van der Waals surface area contributed by atoms with Crippen molar-refractivity contribution < 1.29 is 0 Å². The number of hydrogen-bond donors (Lipinski definition) is 1. The summed E-state index contributed by atoms with van der Waals surface area (Å²) in [6.07, 6.45) is 2.58. The van der Waals surface area contributed by atoms with Crippen molar-refractivity contribution in [3.63, 3.8) is 0 Å². The first-order valence-electron chi connectivity index (χ1n) is 6.32. The molecular weight excluding hydrogens is 252 g/mol. The topological polar surface area (TPSA) is 15.3 Å². The standard InChI is InChI=1S/C13H24N2S.ClH/c1-3-15(4-2)10-6-5-9-14-12-13-8-7-11-16-13;/h7-8,11,14H,3-6,9-10,12H2,1-2H3;1H. The number of halogens is 1. The second-order valence-electron chi connectivity index (χ2n) is 3.99. The first-order chi connectivity index (χ1) is 7.86. The van der Waals surface area contributed by atoms with Gasteiger partial charge in [0, 0.05) is 11.4 Å². The molecule has 100 valence electrons. The molecule has 0 spiro atoms. The van der Waals surface area contributed by atoms with Crippen LogP contribution in [0.1, 0.15) is 31.6 Å². The van der Waals surface area contributed by atoms with Crippen LogP contribution >= 0.6 is 23.7 Å². The largest absolute Gasteiger partial charge is 0.312 e. The lowest BCUT2D eigenvalue weighted by atomic mass is 10.3. The minimum absolute atomic E-state index is 0. The summed E-state index contributed by atoms with van der Waals surface area (Å²) in [7, 11) is 0. The van der Waals surface area contributed by atoms with Gasteiger partial charge in [0.15, 0.2) is 0 Å². The zero-order valence-corrected chi connectivity index (χ0v) is 12.6. The fourth-order valence-electron chi connectivity index (χ4n) is 1.75. The fraction of sp³-hybridized carbons (Fsp3) is 0.692. The molecule has 1 aromatic rings. The van der Waals surface area contributed by atoms with Gasteiger partial charge in [0.25, 0.3) is 0 Å². The lowest BCUT2D eigenvalue weighted by Crippen LogP contribution is -2.24. The van der Waals surface area contributed by atoms with E-state index >= 15 is 0 Å². The van der Waals surface area contributed by atoms with E-state index in [2.05, 4.69) is 41.6 Å². The Bertz CT molecular complexity index is 248. The molecule has 0 amide bonds. The molecule has 17 heavy (non-hydrogen) atoms. The van der Waals surface area contributed by atoms with E-state index in [4.69, 9.17) is 0 Å². The highest BCUT2D eigenvalue weighted by Crippen LogP contribution is 2.07. The van der Waals surface area contributed by atoms with Gasteiger partial charge in [-0.2, -0.15) is 0 Å². The van der Waals surface area contributed by atoms with Crippen LogP contribution in [0.2, 0.25) is 0 Å². The zero-order chi connectivity index (χ0) is 11.6. The number of thiophene rings is 1. The first kappa shape index (κ1) is 16.9. The smallest absolute Gasteiger partial charge is 0.0299 e. The third-order valence-electron chi connectivity index (χ3n) is 2.85. The van der Waals surface area contributed by atoms with Crippen LogP contribution in [0.15, 0.2) is 17.5 Å². The zero-order valence-electron chi connectivity index (χ0n) is 10.9. The molecule has 0 fully saturated rings. The van der Waals surface area contributed by atoms with Crippen LogP contribution in [0, 0.1) is 0 Å². The first-order valence-corrected chi connectivity index (χ1v) is 7.20. The molecule has 0 saturated carbocycles. The highest BCUT2D eigenvalue weighted by Gasteiger charge is 1.98. The molecule has 1 aromatic heterocycles. The Hall–Kier alpha value is -0.0900. The quantitative estimate of drug-likeness (QED) is 0.696. The van der Waals surface area contributed by atoms with E-state index in [1.54, 1.807) is 0 Å². The summed E-state index contributed by atoms with van der Waals surface area (Å²) in [5.41, 5.74) is 0. The Balaban J connectivity index is 0.00000256. The average Bonchev–Trinajstić information content (AvgIpc) is 2.81. The molecule has 1 N–H and O–H groups in total. The van der Waals surface area contributed by atoms with Gasteiger partial charge in [-0.05, 0) is 50.5 Å². The molecule has 0 atom stereocenters. The predicted octanol–water partition coefficient (Wildman–Crippen LogP) is 3.38. The molecule has 1 heterocycles. The van der Waals surface area contributed by atoms with Gasteiger partial charge in [0.1, 0.15) is 0 Å². The fourth-order valence-corrected chi connectivity index (χ4v) is 2.42. The summed E-state index contributed by atoms with van der Waals surface area (Å²) in [4.78, 5) is 3.92. The van der Waals surface area contributed by atoms with Crippen LogP contribution < -0.4 is 5.32 Å². The van der Waals surface area contributed by atoms with E-state index in [0.29, 0.717) is 0 Å². The van der Waals surface area contributed by atoms with Gasteiger partial charge < -0.3 is 10.2 Å². The number of unbranched alkanes of at least 4 members (excludes halogenated alkanes) is 1. The van der Waals surface area contributed by atoms with Gasteiger partial charge in [-0.25, -0.2) is 0 Å². The summed E-state index contributed by atoms with van der Waals surface area (Å²) in [5.74, 6) is 0. The summed E-state index contributed by atoms with van der Waals surface area (Å²) in [6, 6.07) is 4.30. The Morgan fingerprint density at radius 2 is 2.00 bits per heavy atom. The molecule has 0 aromatic carbocycles. The molecule has 1 rings (SSSR count). The van der Waals surface area contributed by atoms with Crippen molar-refractivity contribution in [1.82, 2.24) is 10.2 Å². The number of rotatable bonds is 9. The Labute approximate surface area is 116 Å². The predicted molar refractivity (Wildman–Crippen MR) is 80.3 cm³/mol. The van der Waals surface area contributed by atoms with Crippen molar-refractivity contribution in [3.05, 3.63) is 22.4 Å². The van der Waals surface area contributed by atoms with E-state index < -0.39 is 0 Å². The van der Waals surface area contributed by atoms with Gasteiger partial charge in [-0.15, -0.1) is 23.7 Å². The van der Waals surface area contributed by atoms with Gasteiger partial charge in [-0.1, -0.05) is 19.9 Å². The third kappa shape index (κ3) is 7.77. The lowest BCUT2D eigenvalue weighted by Gasteiger charge is -2.17. The highest BCUT2D eigenvalue weighted by molar-refractivity contribution is 7.09. The molecule has 0 aliphatic heterocycles. The number of nitrogens with zero attached hydrogens (tertiary/aromatic N) is 1. The maximum absolute atomic E-state index is 3.49. The SMILES string of the molecule is CCN(CC)CCCCNCc1cccs1.Cl. The van der Waals surface area contributed by atoms with Gasteiger partial charge >= 0.3 is 0 Å². The second-order valence-corrected chi connectivity index (χ2v) is 5.02. The summed E-state index contributed by atoms with van der Waals surface area (Å²) in [5, 5.41) is 5.63. The molecular formula is C13H25ClN2S. The van der Waals surface area contributed by atoms with E-state index in [9.17, 15) is 0 Å². The molecule has 0 unspecified atom stereocenters. The van der Waals surface area contributed by atoms with Crippen molar-refractivity contribution in [2.24, 2.45) is 0 Å². The molecule has 0 bridgehead atoms. The summed E-state index contributed by atoms with van der Waals surface area (Å²) >= 11 is 1.83. The van der Waals surface area contributed by atoms with Crippen LogP contribution in [0.5, 0.6) is 0 Å². The second kappa shape index (κ2) is 11.0. The molecule has 4 heteroatoms. The van der Waals surface area contributed by atoms with E-state index in [1.165, 1.54) is 37.4 Å². The molecule has 0 aliphatic rings. The molecule has 2 nitrogen and oxygen atoms in total. The van der Waals surface area contributed by atoms with Crippen molar-refractivity contribution in [2.45, 2.75) is 33.2 Å². The van der Waals surface area contributed by atoms with Crippen LogP contribution in [0.3, 0.4) is 0 Å². The van der Waals surface area contributed by atoms with Gasteiger partial charge in [0.05, 0.1) is 0 Å². The highest BCUT2D eigenvalue weighted by atomic mass is 35.5. The van der Waals surface area contributed by atoms with E-state index in [-0.39, 0.29) is 12.4 Å². The van der Waals surface area contributed by atoms with Crippen molar-refractivity contribution >= 4 is 23.7 Å². The molecule has 0 aliphatic carbocycles. The maximum Gasteiger partial charge on any atom is 0.0299 e. The van der Waals surface area contributed by atoms with Gasteiger partial charge in [-0.3, -0.25) is 0 Å². The number of nitrogens with one attached hydrogen (secondary N) is 1. The Kier molecular flexibility index (Phi) is 11.0. The van der Waals surface area contributed by atoms with Crippen molar-refractivity contribution in [1.29, 1.82) is 0 Å². The Morgan fingerprint density at radius 3 is 2.59 bits per heavy atom. The van der Waals surface area contributed by atoms with Crippen molar-refractivity contribution in [2.75, 3.05) is 26.2 Å². The average molecular weight is 277 g/mol. The van der Waals surface area contributed by atoms with E-state index in [1.807, 2.05) is 11.3 Å².